The third-order valence-corrected chi connectivity index (χ3v) is 7.05. The van der Waals surface area contributed by atoms with E-state index in [9.17, 15) is 9.90 Å². The van der Waals surface area contributed by atoms with E-state index in [2.05, 4.69) is 41.3 Å². The summed E-state index contributed by atoms with van der Waals surface area (Å²) in [5, 5.41) is 12.8. The smallest absolute Gasteiger partial charge is 0.251 e. The molecule has 1 unspecified atom stereocenters. The van der Waals surface area contributed by atoms with E-state index in [4.69, 9.17) is 4.74 Å². The van der Waals surface area contributed by atoms with E-state index in [-0.39, 0.29) is 18.4 Å². The molecule has 0 saturated carbocycles. The quantitative estimate of drug-likeness (QED) is 0.421. The Morgan fingerprint density at radius 3 is 2.67 bits per heavy atom. The second kappa shape index (κ2) is 13.4. The molecule has 2 aromatic rings. The highest BCUT2D eigenvalue weighted by Crippen LogP contribution is 2.30. The Labute approximate surface area is 216 Å². The third kappa shape index (κ3) is 6.62. The number of nitrogens with zero attached hydrogens (tertiary/aromatic N) is 2. The van der Waals surface area contributed by atoms with Gasteiger partial charge in [-0.3, -0.25) is 9.78 Å². The summed E-state index contributed by atoms with van der Waals surface area (Å²) in [6.45, 7) is 16.7. The number of allylic oxidation sites excluding steroid dienone is 1. The van der Waals surface area contributed by atoms with Crippen LogP contribution in [0.4, 0.5) is 5.69 Å². The number of aromatic nitrogens is 1. The van der Waals surface area contributed by atoms with Gasteiger partial charge in [-0.15, -0.1) is 13.2 Å². The number of aryl methyl sites for hydroxylation is 2. The summed E-state index contributed by atoms with van der Waals surface area (Å²) in [6, 6.07) is 8.43. The Bertz CT molecular complexity index is 1060. The van der Waals surface area contributed by atoms with Gasteiger partial charge in [0.1, 0.15) is 0 Å². The number of amides is 1. The van der Waals surface area contributed by atoms with Crippen LogP contribution in [0.3, 0.4) is 0 Å². The fraction of sp³-hybridized carbons (Fsp3) is 0.467. The van der Waals surface area contributed by atoms with Gasteiger partial charge in [0, 0.05) is 67.5 Å². The minimum absolute atomic E-state index is 0.0362. The summed E-state index contributed by atoms with van der Waals surface area (Å²) in [7, 11) is 0. The lowest BCUT2D eigenvalue weighted by Gasteiger charge is -2.37. The molecule has 1 fully saturated rings. The van der Waals surface area contributed by atoms with Crippen molar-refractivity contribution in [2.75, 3.05) is 31.3 Å². The van der Waals surface area contributed by atoms with E-state index < -0.39 is 0 Å². The number of anilines is 1. The number of pyridine rings is 1. The van der Waals surface area contributed by atoms with E-state index in [1.165, 1.54) is 0 Å². The molecule has 36 heavy (non-hydrogen) atoms. The van der Waals surface area contributed by atoms with E-state index in [1.54, 1.807) is 6.08 Å². The standard InChI is InChI=1S/C30H41N3O3/c1-6-10-26-27(11-9-12-29(26)33(8-3)25-13-15-36-16-14-25)30(35)31-19-28-22(5)32-21(4)17-24(28)18-23(7-2)20-34/h6-7,9,11-12,17,23,25,34H,1-2,8,10,13-16,18-20H2,3-5H3,(H,31,35). The van der Waals surface area contributed by atoms with Crippen molar-refractivity contribution in [1.29, 1.82) is 0 Å². The van der Waals surface area contributed by atoms with Crippen LogP contribution >= 0.6 is 0 Å². The van der Waals surface area contributed by atoms with Gasteiger partial charge in [0.05, 0.1) is 0 Å². The molecule has 0 aliphatic carbocycles. The Hall–Kier alpha value is -2.96. The molecule has 1 amide bonds. The SMILES string of the molecule is C=CCc1c(C(=O)NCc2c(CC(C=C)CO)cc(C)nc2C)cccc1N(CC)C1CCOCC1. The summed E-state index contributed by atoms with van der Waals surface area (Å²) in [6.07, 6.45) is 6.89. The minimum atomic E-state index is -0.106. The summed E-state index contributed by atoms with van der Waals surface area (Å²) in [5.74, 6) is -0.146. The number of nitrogens with one attached hydrogen (secondary N) is 1. The first-order valence-electron chi connectivity index (χ1n) is 13.0. The molecule has 3 rings (SSSR count). The fourth-order valence-electron chi connectivity index (χ4n) is 5.17. The first kappa shape index (κ1) is 27.6. The number of benzene rings is 1. The molecule has 1 aromatic carbocycles. The molecule has 0 spiro atoms. The predicted molar refractivity (Wildman–Crippen MR) is 147 cm³/mol. The lowest BCUT2D eigenvalue weighted by Crippen LogP contribution is -2.40. The van der Waals surface area contributed by atoms with Crippen LogP contribution in [0.1, 0.15) is 58.2 Å². The molecule has 1 aliphatic rings. The summed E-state index contributed by atoms with van der Waals surface area (Å²) < 4.78 is 5.58. The normalized spacial score (nSPS) is 14.8. The molecule has 2 N–H and O–H groups in total. The fourth-order valence-corrected chi connectivity index (χ4v) is 5.17. The number of hydrogen-bond donors (Lipinski definition) is 2. The second-order valence-electron chi connectivity index (χ2n) is 9.48. The largest absolute Gasteiger partial charge is 0.396 e. The zero-order valence-corrected chi connectivity index (χ0v) is 22.1. The van der Waals surface area contributed by atoms with Gasteiger partial charge in [0.15, 0.2) is 0 Å². The number of hydrogen-bond acceptors (Lipinski definition) is 5. The predicted octanol–water partition coefficient (Wildman–Crippen LogP) is 4.70. The molecule has 194 valence electrons. The van der Waals surface area contributed by atoms with Gasteiger partial charge in [-0.25, -0.2) is 0 Å². The average molecular weight is 492 g/mol. The molecule has 6 heteroatoms. The lowest BCUT2D eigenvalue weighted by molar-refractivity contribution is 0.0845. The number of carbonyl (C=O) groups excluding carboxylic acids is 1. The van der Waals surface area contributed by atoms with Crippen LogP contribution in [0.25, 0.3) is 0 Å². The topological polar surface area (TPSA) is 74.7 Å². The van der Waals surface area contributed by atoms with Gasteiger partial charge in [-0.05, 0) is 81.3 Å². The number of aliphatic hydroxyl groups excluding tert-OH is 1. The molecule has 1 aromatic heterocycles. The van der Waals surface area contributed by atoms with Crippen LogP contribution in [0, 0.1) is 19.8 Å². The van der Waals surface area contributed by atoms with E-state index in [0.717, 1.165) is 66.4 Å². The van der Waals surface area contributed by atoms with Gasteiger partial charge in [0.25, 0.3) is 5.91 Å². The van der Waals surface area contributed by atoms with Crippen LogP contribution < -0.4 is 10.2 Å². The maximum Gasteiger partial charge on any atom is 0.251 e. The van der Waals surface area contributed by atoms with Crippen LogP contribution in [-0.4, -0.2) is 48.4 Å². The number of carbonyl (C=O) groups is 1. The summed E-state index contributed by atoms with van der Waals surface area (Å²) >= 11 is 0. The Morgan fingerprint density at radius 1 is 1.28 bits per heavy atom. The lowest BCUT2D eigenvalue weighted by atomic mass is 9.94. The Morgan fingerprint density at radius 2 is 2.03 bits per heavy atom. The number of aliphatic hydroxyl groups is 1. The highest BCUT2D eigenvalue weighted by Gasteiger charge is 2.24. The molecule has 1 atom stereocenters. The molecule has 1 saturated heterocycles. The monoisotopic (exact) mass is 491 g/mol. The van der Waals surface area contributed by atoms with E-state index in [0.29, 0.717) is 31.0 Å². The maximum atomic E-state index is 13.5. The molecule has 6 nitrogen and oxygen atoms in total. The average Bonchev–Trinajstić information content (AvgIpc) is 2.88. The molecular weight excluding hydrogens is 450 g/mol. The van der Waals surface area contributed by atoms with Crippen molar-refractivity contribution in [2.45, 2.75) is 59.0 Å². The molecule has 2 heterocycles. The third-order valence-electron chi connectivity index (χ3n) is 7.05. The van der Waals surface area contributed by atoms with E-state index in [1.807, 2.05) is 38.1 Å². The van der Waals surface area contributed by atoms with Crippen LogP contribution in [-0.2, 0) is 24.1 Å². The maximum absolute atomic E-state index is 13.5. The molecular formula is C30H41N3O3. The van der Waals surface area contributed by atoms with Gasteiger partial charge in [-0.2, -0.15) is 0 Å². The summed E-state index contributed by atoms with van der Waals surface area (Å²) in [5.41, 5.74) is 6.67. The molecule has 1 aliphatic heterocycles. The number of rotatable bonds is 12. The Kier molecular flexibility index (Phi) is 10.3. The van der Waals surface area contributed by atoms with Crippen LogP contribution in [0.15, 0.2) is 49.6 Å². The first-order chi connectivity index (χ1) is 17.4. The van der Waals surface area contributed by atoms with Gasteiger partial charge in [0.2, 0.25) is 0 Å². The van der Waals surface area contributed by atoms with Crippen molar-refractivity contribution in [3.63, 3.8) is 0 Å². The highest BCUT2D eigenvalue weighted by atomic mass is 16.5. The van der Waals surface area contributed by atoms with Crippen molar-refractivity contribution in [3.8, 4) is 0 Å². The van der Waals surface area contributed by atoms with Crippen molar-refractivity contribution in [2.24, 2.45) is 5.92 Å². The zero-order chi connectivity index (χ0) is 26.1. The number of ether oxygens (including phenoxy) is 1. The van der Waals surface area contributed by atoms with Gasteiger partial charge in [-0.1, -0.05) is 18.2 Å². The van der Waals surface area contributed by atoms with E-state index >= 15 is 0 Å². The minimum Gasteiger partial charge on any atom is -0.396 e. The van der Waals surface area contributed by atoms with Crippen molar-refractivity contribution in [3.05, 3.63) is 83.2 Å². The van der Waals surface area contributed by atoms with Crippen molar-refractivity contribution in [1.82, 2.24) is 10.3 Å². The van der Waals surface area contributed by atoms with Crippen LogP contribution in [0.5, 0.6) is 0 Å². The first-order valence-corrected chi connectivity index (χ1v) is 13.0. The van der Waals surface area contributed by atoms with Crippen molar-refractivity contribution >= 4 is 11.6 Å². The van der Waals surface area contributed by atoms with Gasteiger partial charge >= 0.3 is 0 Å². The van der Waals surface area contributed by atoms with Crippen LogP contribution in [0.2, 0.25) is 0 Å². The Balaban J connectivity index is 1.88. The van der Waals surface area contributed by atoms with Gasteiger partial charge < -0.3 is 20.1 Å². The molecule has 0 radical (unpaired) electrons. The van der Waals surface area contributed by atoms with Crippen molar-refractivity contribution < 1.29 is 14.6 Å². The highest BCUT2D eigenvalue weighted by molar-refractivity contribution is 5.97. The molecule has 0 bridgehead atoms. The second-order valence-corrected chi connectivity index (χ2v) is 9.48. The zero-order valence-electron chi connectivity index (χ0n) is 22.1. The summed E-state index contributed by atoms with van der Waals surface area (Å²) in [4.78, 5) is 20.5.